The largest absolute Gasteiger partial charge is 0.317 e. The van der Waals surface area contributed by atoms with Gasteiger partial charge in [-0.3, -0.25) is 0 Å². The molecule has 0 aliphatic carbocycles. The van der Waals surface area contributed by atoms with Gasteiger partial charge in [-0.2, -0.15) is 0 Å². The predicted octanol–water partition coefficient (Wildman–Crippen LogP) is 0.729. The van der Waals surface area contributed by atoms with Crippen LogP contribution in [0.4, 0.5) is 0 Å². The van der Waals surface area contributed by atoms with Gasteiger partial charge in [0, 0.05) is 6.54 Å². The maximum atomic E-state index is 11.7. The fourth-order valence-electron chi connectivity index (χ4n) is 1.13. The number of rotatable bonds is 7. The van der Waals surface area contributed by atoms with E-state index in [4.69, 9.17) is 0 Å². The van der Waals surface area contributed by atoms with Crippen LogP contribution in [-0.2, 0) is 10.0 Å². The maximum Gasteiger partial charge on any atom is 0.251 e. The van der Waals surface area contributed by atoms with Crippen LogP contribution in [0.2, 0.25) is 0 Å². The summed E-state index contributed by atoms with van der Waals surface area (Å²) >= 11 is 1.19. The van der Waals surface area contributed by atoms with E-state index >= 15 is 0 Å². The number of hydrogen-bond acceptors (Lipinski definition) is 5. The van der Waals surface area contributed by atoms with Crippen molar-refractivity contribution in [3.63, 3.8) is 0 Å². The third-order valence-electron chi connectivity index (χ3n) is 1.94. The molecule has 0 amide bonds. The lowest BCUT2D eigenvalue weighted by Gasteiger charge is -2.04. The van der Waals surface area contributed by atoms with Gasteiger partial charge in [-0.25, -0.2) is 18.1 Å². The average molecular weight is 263 g/mol. The zero-order valence-electron chi connectivity index (χ0n) is 9.49. The molecule has 1 aromatic rings. The molecule has 1 rings (SSSR count). The van der Waals surface area contributed by atoms with Crippen LogP contribution in [0, 0.1) is 6.92 Å². The lowest BCUT2D eigenvalue weighted by molar-refractivity contribution is 0.577. The molecule has 0 fully saturated rings. The molecule has 1 aromatic heterocycles. The van der Waals surface area contributed by atoms with Crippen LogP contribution in [0.5, 0.6) is 0 Å². The second kappa shape index (κ2) is 6.29. The fourth-order valence-corrected chi connectivity index (χ4v) is 3.36. The Balaban J connectivity index is 2.41. The van der Waals surface area contributed by atoms with Crippen molar-refractivity contribution < 1.29 is 8.42 Å². The molecule has 0 atom stereocenters. The Hall–Kier alpha value is -0.500. The highest BCUT2D eigenvalue weighted by Crippen LogP contribution is 2.17. The predicted molar refractivity (Wildman–Crippen MR) is 65.2 cm³/mol. The van der Waals surface area contributed by atoms with E-state index in [-0.39, 0.29) is 4.21 Å². The van der Waals surface area contributed by atoms with Gasteiger partial charge in [-0.05, 0) is 26.4 Å². The summed E-state index contributed by atoms with van der Waals surface area (Å²) in [6.45, 7) is 5.98. The summed E-state index contributed by atoms with van der Waals surface area (Å²) in [7, 11) is -3.35. The van der Waals surface area contributed by atoms with Gasteiger partial charge in [-0.15, -0.1) is 11.3 Å². The summed E-state index contributed by atoms with van der Waals surface area (Å²) in [5.74, 6) is 0. The van der Waals surface area contributed by atoms with Gasteiger partial charge in [0.1, 0.15) is 0 Å². The standard InChI is InChI=1S/C9H17N3O2S2/c1-3-10-5-4-6-12-16(13,14)9-7-11-8(2)15-9/h7,10,12H,3-6H2,1-2H3. The summed E-state index contributed by atoms with van der Waals surface area (Å²) in [6, 6.07) is 0. The first kappa shape index (κ1) is 13.6. The third-order valence-corrected chi connectivity index (χ3v) is 4.77. The van der Waals surface area contributed by atoms with E-state index in [9.17, 15) is 8.42 Å². The van der Waals surface area contributed by atoms with Crippen molar-refractivity contribution >= 4 is 21.4 Å². The molecular formula is C9H17N3O2S2. The molecule has 5 nitrogen and oxygen atoms in total. The van der Waals surface area contributed by atoms with Gasteiger partial charge < -0.3 is 5.32 Å². The van der Waals surface area contributed by atoms with Crippen molar-refractivity contribution in [3.05, 3.63) is 11.2 Å². The Morgan fingerprint density at radius 3 is 2.75 bits per heavy atom. The Morgan fingerprint density at radius 2 is 2.19 bits per heavy atom. The Kier molecular flexibility index (Phi) is 5.33. The Labute approximate surface area is 100 Å². The van der Waals surface area contributed by atoms with Crippen LogP contribution in [-0.4, -0.2) is 33.0 Å². The topological polar surface area (TPSA) is 71.1 Å². The number of thiazole rings is 1. The minimum Gasteiger partial charge on any atom is -0.317 e. The van der Waals surface area contributed by atoms with Crippen LogP contribution in [0.3, 0.4) is 0 Å². The van der Waals surface area contributed by atoms with Crippen molar-refractivity contribution in [1.29, 1.82) is 0 Å². The summed E-state index contributed by atoms with van der Waals surface area (Å²) in [4.78, 5) is 3.93. The minimum atomic E-state index is -3.35. The molecule has 0 aliphatic heterocycles. The van der Waals surface area contributed by atoms with Gasteiger partial charge in [0.2, 0.25) is 0 Å². The fraction of sp³-hybridized carbons (Fsp3) is 0.667. The summed E-state index contributed by atoms with van der Waals surface area (Å²) in [6.07, 6.45) is 2.18. The second-order valence-electron chi connectivity index (χ2n) is 3.30. The van der Waals surface area contributed by atoms with Crippen LogP contribution in [0.25, 0.3) is 0 Å². The molecule has 0 aromatic carbocycles. The number of nitrogens with one attached hydrogen (secondary N) is 2. The summed E-state index contributed by atoms with van der Waals surface area (Å²) < 4.78 is 26.3. The molecule has 92 valence electrons. The quantitative estimate of drug-likeness (QED) is 0.711. The molecule has 0 aliphatic rings. The molecule has 0 radical (unpaired) electrons. The maximum absolute atomic E-state index is 11.7. The summed E-state index contributed by atoms with van der Waals surface area (Å²) in [5.41, 5.74) is 0. The number of hydrogen-bond donors (Lipinski definition) is 2. The molecular weight excluding hydrogens is 246 g/mol. The summed E-state index contributed by atoms with van der Waals surface area (Å²) in [5, 5.41) is 3.89. The first-order valence-corrected chi connectivity index (χ1v) is 7.49. The van der Waals surface area contributed by atoms with Crippen molar-refractivity contribution in [2.45, 2.75) is 24.5 Å². The molecule has 0 bridgehead atoms. The van der Waals surface area contributed by atoms with E-state index in [0.29, 0.717) is 6.54 Å². The highest BCUT2D eigenvalue weighted by Gasteiger charge is 2.15. The highest BCUT2D eigenvalue weighted by molar-refractivity contribution is 7.91. The Bertz CT molecular complexity index is 414. The van der Waals surface area contributed by atoms with Crippen molar-refractivity contribution in [2.24, 2.45) is 0 Å². The van der Waals surface area contributed by atoms with E-state index in [2.05, 4.69) is 15.0 Å². The number of aryl methyl sites for hydroxylation is 1. The number of sulfonamides is 1. The normalized spacial score (nSPS) is 11.9. The van der Waals surface area contributed by atoms with Crippen molar-refractivity contribution in [2.75, 3.05) is 19.6 Å². The first-order chi connectivity index (χ1) is 7.56. The lowest BCUT2D eigenvalue weighted by atomic mass is 10.4. The van der Waals surface area contributed by atoms with E-state index in [1.54, 1.807) is 6.92 Å². The van der Waals surface area contributed by atoms with Crippen LogP contribution >= 0.6 is 11.3 Å². The number of nitrogens with zero attached hydrogens (tertiary/aromatic N) is 1. The van der Waals surface area contributed by atoms with Gasteiger partial charge >= 0.3 is 0 Å². The lowest BCUT2D eigenvalue weighted by Crippen LogP contribution is -2.26. The average Bonchev–Trinajstić information content (AvgIpc) is 2.65. The van der Waals surface area contributed by atoms with Crippen LogP contribution in [0.15, 0.2) is 10.4 Å². The van der Waals surface area contributed by atoms with E-state index in [1.807, 2.05) is 6.92 Å². The molecule has 16 heavy (non-hydrogen) atoms. The zero-order valence-corrected chi connectivity index (χ0v) is 11.1. The van der Waals surface area contributed by atoms with E-state index < -0.39 is 10.0 Å². The van der Waals surface area contributed by atoms with Gasteiger partial charge in [0.05, 0.1) is 11.2 Å². The monoisotopic (exact) mass is 263 g/mol. The SMILES string of the molecule is CCNCCCNS(=O)(=O)c1cnc(C)s1. The van der Waals surface area contributed by atoms with E-state index in [0.717, 1.165) is 24.5 Å². The minimum absolute atomic E-state index is 0.286. The third kappa shape index (κ3) is 4.17. The van der Waals surface area contributed by atoms with Crippen LogP contribution in [0.1, 0.15) is 18.4 Å². The molecule has 0 saturated heterocycles. The van der Waals surface area contributed by atoms with Crippen LogP contribution < -0.4 is 10.0 Å². The highest BCUT2D eigenvalue weighted by atomic mass is 32.2. The molecule has 7 heteroatoms. The van der Waals surface area contributed by atoms with Gasteiger partial charge in [-0.1, -0.05) is 6.92 Å². The molecule has 0 spiro atoms. The first-order valence-electron chi connectivity index (χ1n) is 5.19. The molecule has 0 unspecified atom stereocenters. The smallest absolute Gasteiger partial charge is 0.251 e. The molecule has 2 N–H and O–H groups in total. The van der Waals surface area contributed by atoms with Gasteiger partial charge in [0.15, 0.2) is 4.21 Å². The molecule has 1 heterocycles. The zero-order chi connectivity index (χ0) is 12.0. The van der Waals surface area contributed by atoms with Gasteiger partial charge in [0.25, 0.3) is 10.0 Å². The van der Waals surface area contributed by atoms with Crippen molar-refractivity contribution in [1.82, 2.24) is 15.0 Å². The second-order valence-corrected chi connectivity index (χ2v) is 6.53. The molecule has 0 saturated carbocycles. The Morgan fingerprint density at radius 1 is 1.44 bits per heavy atom. The number of aromatic nitrogens is 1. The van der Waals surface area contributed by atoms with Crippen molar-refractivity contribution in [3.8, 4) is 0 Å². The van der Waals surface area contributed by atoms with E-state index in [1.165, 1.54) is 17.5 Å².